The van der Waals surface area contributed by atoms with Gasteiger partial charge >= 0.3 is 5.97 Å². The van der Waals surface area contributed by atoms with Crippen molar-refractivity contribution < 1.29 is 9.53 Å². The molecule has 110 valence electrons. The van der Waals surface area contributed by atoms with Gasteiger partial charge in [0.05, 0.1) is 6.61 Å². The predicted octanol–water partition coefficient (Wildman–Crippen LogP) is 1.38. The number of ether oxygens (including phenoxy) is 1. The first-order chi connectivity index (χ1) is 9.74. The topological polar surface area (TPSA) is 64.3 Å². The molecule has 3 atom stereocenters. The molecule has 3 N–H and O–H groups in total. The standard InChI is InChI=1S/C16H24N2O2/c1-2-20-16(19)14-11(10-6-8-18-9-7-10)4-3-5-12-13(14)15(12)17/h3-4,10,12-13,15,18H,2,5-9,17H2,1H3. The van der Waals surface area contributed by atoms with E-state index in [4.69, 9.17) is 10.5 Å². The minimum atomic E-state index is -0.143. The van der Waals surface area contributed by atoms with Crippen LogP contribution in [-0.4, -0.2) is 31.7 Å². The third-order valence-corrected chi connectivity index (χ3v) is 4.85. The fraction of sp³-hybridized carbons (Fsp3) is 0.688. The van der Waals surface area contributed by atoms with Gasteiger partial charge in [-0.15, -0.1) is 0 Å². The molecule has 0 amide bonds. The van der Waals surface area contributed by atoms with Gasteiger partial charge in [0.2, 0.25) is 0 Å². The lowest BCUT2D eigenvalue weighted by atomic mass is 9.85. The number of nitrogens with two attached hydrogens (primary N) is 1. The monoisotopic (exact) mass is 276 g/mol. The number of allylic oxidation sites excluding steroid dienone is 3. The summed E-state index contributed by atoms with van der Waals surface area (Å²) in [5.41, 5.74) is 8.25. The van der Waals surface area contributed by atoms with Crippen LogP contribution in [0.2, 0.25) is 0 Å². The van der Waals surface area contributed by atoms with E-state index in [0.29, 0.717) is 18.4 Å². The Morgan fingerprint density at radius 3 is 2.90 bits per heavy atom. The molecular formula is C16H24N2O2. The third-order valence-electron chi connectivity index (χ3n) is 4.85. The summed E-state index contributed by atoms with van der Waals surface area (Å²) in [6, 6.07) is 0.135. The quantitative estimate of drug-likeness (QED) is 0.764. The molecule has 0 aromatic rings. The van der Waals surface area contributed by atoms with E-state index < -0.39 is 0 Å². The number of fused-ring (bicyclic) bond motifs is 1. The molecule has 0 aromatic heterocycles. The van der Waals surface area contributed by atoms with Crippen LogP contribution in [0.4, 0.5) is 0 Å². The first kappa shape index (κ1) is 13.8. The Kier molecular flexibility index (Phi) is 3.94. The third kappa shape index (κ3) is 2.42. The van der Waals surface area contributed by atoms with Crippen molar-refractivity contribution in [1.29, 1.82) is 0 Å². The van der Waals surface area contributed by atoms with Gasteiger partial charge in [-0.25, -0.2) is 4.79 Å². The van der Waals surface area contributed by atoms with Gasteiger partial charge < -0.3 is 15.8 Å². The van der Waals surface area contributed by atoms with Gasteiger partial charge in [-0.2, -0.15) is 0 Å². The van der Waals surface area contributed by atoms with Crippen LogP contribution in [0.25, 0.3) is 0 Å². The van der Waals surface area contributed by atoms with Crippen molar-refractivity contribution in [3.8, 4) is 0 Å². The maximum Gasteiger partial charge on any atom is 0.334 e. The summed E-state index contributed by atoms with van der Waals surface area (Å²) in [6.07, 6.45) is 7.54. The zero-order valence-electron chi connectivity index (χ0n) is 12.1. The molecule has 3 rings (SSSR count). The van der Waals surface area contributed by atoms with Crippen molar-refractivity contribution in [2.75, 3.05) is 19.7 Å². The molecule has 1 saturated carbocycles. The summed E-state index contributed by atoms with van der Waals surface area (Å²) in [5.74, 6) is 0.979. The smallest absolute Gasteiger partial charge is 0.334 e. The molecule has 2 aliphatic carbocycles. The average Bonchev–Trinajstić information content (AvgIpc) is 3.14. The molecule has 3 unspecified atom stereocenters. The lowest BCUT2D eigenvalue weighted by Crippen LogP contribution is -2.30. The van der Waals surface area contributed by atoms with Crippen molar-refractivity contribution in [3.05, 3.63) is 23.3 Å². The number of hydrogen-bond donors (Lipinski definition) is 2. The van der Waals surface area contributed by atoms with E-state index in [0.717, 1.165) is 37.9 Å². The second-order valence-corrected chi connectivity index (χ2v) is 6.02. The van der Waals surface area contributed by atoms with E-state index in [2.05, 4.69) is 17.5 Å². The van der Waals surface area contributed by atoms with Gasteiger partial charge in [0, 0.05) is 17.5 Å². The molecule has 0 spiro atoms. The van der Waals surface area contributed by atoms with Crippen LogP contribution in [-0.2, 0) is 9.53 Å². The second kappa shape index (κ2) is 5.70. The van der Waals surface area contributed by atoms with Gasteiger partial charge in [0.15, 0.2) is 0 Å². The van der Waals surface area contributed by atoms with Crippen LogP contribution in [0.3, 0.4) is 0 Å². The summed E-state index contributed by atoms with van der Waals surface area (Å²) >= 11 is 0. The number of carbonyl (C=O) groups excluding carboxylic acids is 1. The number of hydrogen-bond acceptors (Lipinski definition) is 4. The highest BCUT2D eigenvalue weighted by Gasteiger charge is 2.52. The number of esters is 1. The Hall–Kier alpha value is -1.13. The van der Waals surface area contributed by atoms with Crippen LogP contribution in [0.15, 0.2) is 23.3 Å². The molecule has 0 radical (unpaired) electrons. The van der Waals surface area contributed by atoms with Gasteiger partial charge in [-0.3, -0.25) is 0 Å². The lowest BCUT2D eigenvalue weighted by molar-refractivity contribution is -0.139. The van der Waals surface area contributed by atoms with Crippen LogP contribution < -0.4 is 11.1 Å². The molecule has 4 nitrogen and oxygen atoms in total. The fourth-order valence-electron chi connectivity index (χ4n) is 3.70. The van der Waals surface area contributed by atoms with Crippen molar-refractivity contribution in [3.63, 3.8) is 0 Å². The van der Waals surface area contributed by atoms with Gasteiger partial charge in [0.25, 0.3) is 0 Å². The van der Waals surface area contributed by atoms with E-state index in [1.54, 1.807) is 0 Å². The van der Waals surface area contributed by atoms with E-state index in [1.165, 1.54) is 5.57 Å². The van der Waals surface area contributed by atoms with Gasteiger partial charge in [-0.1, -0.05) is 12.2 Å². The summed E-state index contributed by atoms with van der Waals surface area (Å²) in [4.78, 5) is 12.4. The highest BCUT2D eigenvalue weighted by Crippen LogP contribution is 2.50. The van der Waals surface area contributed by atoms with E-state index in [1.807, 2.05) is 6.92 Å². The normalized spacial score (nSPS) is 33.6. The zero-order chi connectivity index (χ0) is 14.1. The van der Waals surface area contributed by atoms with Crippen LogP contribution in [0.5, 0.6) is 0 Å². The van der Waals surface area contributed by atoms with Crippen LogP contribution in [0.1, 0.15) is 26.2 Å². The number of piperidine rings is 1. The minimum Gasteiger partial charge on any atom is -0.463 e. The fourth-order valence-corrected chi connectivity index (χ4v) is 3.70. The Morgan fingerprint density at radius 1 is 1.45 bits per heavy atom. The summed E-state index contributed by atoms with van der Waals surface area (Å²) in [5, 5.41) is 3.38. The summed E-state index contributed by atoms with van der Waals surface area (Å²) in [7, 11) is 0. The molecule has 1 aliphatic heterocycles. The molecule has 4 heteroatoms. The Balaban J connectivity index is 1.94. The Labute approximate surface area is 120 Å². The molecule has 3 aliphatic rings. The van der Waals surface area contributed by atoms with Gasteiger partial charge in [-0.05, 0) is 56.7 Å². The molecule has 1 heterocycles. The van der Waals surface area contributed by atoms with Gasteiger partial charge in [0.1, 0.15) is 0 Å². The highest BCUT2D eigenvalue weighted by molar-refractivity contribution is 5.92. The Morgan fingerprint density at radius 2 is 2.20 bits per heavy atom. The highest BCUT2D eigenvalue weighted by atomic mass is 16.5. The van der Waals surface area contributed by atoms with E-state index >= 15 is 0 Å². The molecule has 20 heavy (non-hydrogen) atoms. The number of rotatable bonds is 3. The van der Waals surface area contributed by atoms with E-state index in [-0.39, 0.29) is 17.9 Å². The summed E-state index contributed by atoms with van der Waals surface area (Å²) < 4.78 is 5.30. The summed E-state index contributed by atoms with van der Waals surface area (Å²) in [6.45, 7) is 4.34. The molecule has 0 aromatic carbocycles. The first-order valence-corrected chi connectivity index (χ1v) is 7.78. The maximum atomic E-state index is 12.4. The SMILES string of the molecule is CCOC(=O)C1=C(C2CCNCC2)C=CCC2C(N)C12. The molecule has 2 fully saturated rings. The zero-order valence-corrected chi connectivity index (χ0v) is 12.1. The molecule has 1 saturated heterocycles. The minimum absolute atomic E-state index is 0.135. The first-order valence-electron chi connectivity index (χ1n) is 7.78. The van der Waals surface area contributed by atoms with Crippen molar-refractivity contribution >= 4 is 5.97 Å². The van der Waals surface area contributed by atoms with Crippen LogP contribution in [0, 0.1) is 17.8 Å². The van der Waals surface area contributed by atoms with Crippen molar-refractivity contribution in [2.45, 2.75) is 32.2 Å². The molecule has 0 bridgehead atoms. The second-order valence-electron chi connectivity index (χ2n) is 6.02. The Bertz CT molecular complexity index is 449. The molecular weight excluding hydrogens is 252 g/mol. The maximum absolute atomic E-state index is 12.4. The largest absolute Gasteiger partial charge is 0.463 e. The average molecular weight is 276 g/mol. The van der Waals surface area contributed by atoms with E-state index in [9.17, 15) is 4.79 Å². The van der Waals surface area contributed by atoms with Crippen LogP contribution >= 0.6 is 0 Å². The van der Waals surface area contributed by atoms with Crippen molar-refractivity contribution in [1.82, 2.24) is 5.32 Å². The lowest BCUT2D eigenvalue weighted by Gasteiger charge is -2.25. The number of carbonyl (C=O) groups is 1. The number of nitrogens with one attached hydrogen (secondary N) is 1. The van der Waals surface area contributed by atoms with Crippen molar-refractivity contribution in [2.24, 2.45) is 23.5 Å². The predicted molar refractivity (Wildman–Crippen MR) is 78.0 cm³/mol.